The van der Waals surface area contributed by atoms with Crippen molar-refractivity contribution in [3.8, 4) is 0 Å². The maximum Gasteiger partial charge on any atom is 0.230 e. The van der Waals surface area contributed by atoms with Crippen LogP contribution >= 0.6 is 11.8 Å². The van der Waals surface area contributed by atoms with E-state index < -0.39 is 0 Å². The van der Waals surface area contributed by atoms with Gasteiger partial charge in [0.05, 0.1) is 5.75 Å². The third-order valence-corrected chi connectivity index (χ3v) is 5.48. The molecule has 3 rings (SSSR count). The van der Waals surface area contributed by atoms with E-state index in [0.29, 0.717) is 11.8 Å². The van der Waals surface area contributed by atoms with Gasteiger partial charge in [0.2, 0.25) is 5.91 Å². The van der Waals surface area contributed by atoms with Gasteiger partial charge in [-0.3, -0.25) is 4.79 Å². The molecule has 0 radical (unpaired) electrons. The number of carbonyl (C=O) groups is 1. The van der Waals surface area contributed by atoms with Crippen LogP contribution in [0.3, 0.4) is 0 Å². The van der Waals surface area contributed by atoms with Crippen molar-refractivity contribution in [1.82, 2.24) is 20.1 Å². The van der Waals surface area contributed by atoms with Crippen LogP contribution in [0.15, 0.2) is 35.5 Å². The molecule has 1 fully saturated rings. The van der Waals surface area contributed by atoms with E-state index in [1.165, 1.54) is 30.2 Å². The lowest BCUT2D eigenvalue weighted by Gasteiger charge is -2.11. The molecule has 6 heteroatoms. The number of thioether (sulfide) groups is 1. The number of aryl methyl sites for hydroxylation is 2. The van der Waals surface area contributed by atoms with Crippen LogP contribution in [-0.2, 0) is 24.7 Å². The zero-order chi connectivity index (χ0) is 16.8. The predicted molar refractivity (Wildman–Crippen MR) is 96.0 cm³/mol. The van der Waals surface area contributed by atoms with Gasteiger partial charge in [0.15, 0.2) is 5.16 Å². The van der Waals surface area contributed by atoms with Crippen LogP contribution in [0.1, 0.15) is 37.1 Å². The van der Waals surface area contributed by atoms with Gasteiger partial charge in [0.1, 0.15) is 5.82 Å². The Bertz CT molecular complexity index is 665. The molecule has 0 spiro atoms. The summed E-state index contributed by atoms with van der Waals surface area (Å²) in [5, 5.41) is 12.4. The van der Waals surface area contributed by atoms with E-state index in [2.05, 4.69) is 39.8 Å². The maximum atomic E-state index is 12.0. The molecular weight excluding hydrogens is 320 g/mol. The number of benzene rings is 1. The first-order chi connectivity index (χ1) is 11.7. The second-order valence-corrected chi connectivity index (χ2v) is 7.22. The Hall–Kier alpha value is -1.82. The molecular formula is C18H24N4OS. The highest BCUT2D eigenvalue weighted by molar-refractivity contribution is 7.99. The third-order valence-electron chi connectivity index (χ3n) is 4.46. The molecule has 0 unspecified atom stereocenters. The van der Waals surface area contributed by atoms with Crippen molar-refractivity contribution in [2.24, 2.45) is 7.05 Å². The van der Waals surface area contributed by atoms with Crippen molar-refractivity contribution in [3.05, 3.63) is 41.7 Å². The number of nitrogens with one attached hydrogen (secondary N) is 1. The molecule has 0 aliphatic heterocycles. The average Bonchev–Trinajstić information content (AvgIpc) is 3.22. The lowest BCUT2D eigenvalue weighted by Crippen LogP contribution is -2.33. The van der Waals surface area contributed by atoms with Crippen LogP contribution in [0.5, 0.6) is 0 Å². The summed E-state index contributed by atoms with van der Waals surface area (Å²) in [5.74, 6) is 1.46. The van der Waals surface area contributed by atoms with E-state index in [1.54, 1.807) is 0 Å². The van der Waals surface area contributed by atoms with Crippen molar-refractivity contribution in [2.45, 2.75) is 49.7 Å². The number of hydrogen-bond donors (Lipinski definition) is 1. The quantitative estimate of drug-likeness (QED) is 0.785. The van der Waals surface area contributed by atoms with Crippen molar-refractivity contribution in [3.63, 3.8) is 0 Å². The summed E-state index contributed by atoms with van der Waals surface area (Å²) in [5.41, 5.74) is 1.30. The van der Waals surface area contributed by atoms with E-state index in [0.717, 1.165) is 36.7 Å². The van der Waals surface area contributed by atoms with Gasteiger partial charge >= 0.3 is 0 Å². The van der Waals surface area contributed by atoms with Gasteiger partial charge < -0.3 is 9.88 Å². The molecule has 1 saturated carbocycles. The van der Waals surface area contributed by atoms with Crippen LogP contribution in [0.25, 0.3) is 0 Å². The van der Waals surface area contributed by atoms with E-state index in [9.17, 15) is 4.79 Å². The number of hydrogen-bond acceptors (Lipinski definition) is 4. The van der Waals surface area contributed by atoms with Gasteiger partial charge in [-0.15, -0.1) is 10.2 Å². The molecule has 5 nitrogen and oxygen atoms in total. The van der Waals surface area contributed by atoms with E-state index in [-0.39, 0.29) is 5.91 Å². The van der Waals surface area contributed by atoms with Crippen molar-refractivity contribution < 1.29 is 4.79 Å². The molecule has 1 N–H and O–H groups in total. The second-order valence-electron chi connectivity index (χ2n) is 6.28. The van der Waals surface area contributed by atoms with Gasteiger partial charge in [0.25, 0.3) is 0 Å². The Balaban J connectivity index is 1.48. The van der Waals surface area contributed by atoms with E-state index in [4.69, 9.17) is 0 Å². The molecule has 24 heavy (non-hydrogen) atoms. The van der Waals surface area contributed by atoms with Crippen LogP contribution in [0.2, 0.25) is 0 Å². The number of aromatic nitrogens is 3. The van der Waals surface area contributed by atoms with Crippen molar-refractivity contribution in [1.29, 1.82) is 0 Å². The standard InChI is InChI=1S/C18H24N4OS/c1-22-16(12-11-14-7-3-2-4-8-14)20-21-18(22)24-13-17(23)19-15-9-5-6-10-15/h2-4,7-8,15H,5-6,9-13H2,1H3,(H,19,23). The first kappa shape index (κ1) is 17.0. The van der Waals surface area contributed by atoms with Gasteiger partial charge in [-0.05, 0) is 24.8 Å². The molecule has 1 heterocycles. The third kappa shape index (κ3) is 4.60. The van der Waals surface area contributed by atoms with Crippen LogP contribution in [-0.4, -0.2) is 32.5 Å². The lowest BCUT2D eigenvalue weighted by atomic mass is 10.1. The normalized spacial score (nSPS) is 14.9. The lowest BCUT2D eigenvalue weighted by molar-refractivity contribution is -0.119. The molecule has 0 bridgehead atoms. The second kappa shape index (κ2) is 8.33. The van der Waals surface area contributed by atoms with Crippen LogP contribution in [0.4, 0.5) is 0 Å². The molecule has 0 saturated heterocycles. The summed E-state index contributed by atoms with van der Waals surface area (Å²) in [7, 11) is 1.97. The summed E-state index contributed by atoms with van der Waals surface area (Å²) in [6.07, 6.45) is 6.48. The minimum atomic E-state index is 0.0979. The minimum absolute atomic E-state index is 0.0979. The molecule has 128 valence electrons. The van der Waals surface area contributed by atoms with Gasteiger partial charge in [-0.2, -0.15) is 0 Å². The van der Waals surface area contributed by atoms with Crippen LogP contribution < -0.4 is 5.32 Å². The fourth-order valence-electron chi connectivity index (χ4n) is 3.06. The highest BCUT2D eigenvalue weighted by Gasteiger charge is 2.18. The maximum absolute atomic E-state index is 12.0. The molecule has 0 atom stereocenters. The largest absolute Gasteiger partial charge is 0.353 e. The van der Waals surface area contributed by atoms with E-state index >= 15 is 0 Å². The zero-order valence-corrected chi connectivity index (χ0v) is 14.9. The van der Waals surface area contributed by atoms with Crippen molar-refractivity contribution in [2.75, 3.05) is 5.75 Å². The fourth-order valence-corrected chi connectivity index (χ4v) is 3.80. The molecule has 1 aromatic carbocycles. The minimum Gasteiger partial charge on any atom is -0.353 e. The fraction of sp³-hybridized carbons (Fsp3) is 0.500. The van der Waals surface area contributed by atoms with Gasteiger partial charge in [0, 0.05) is 19.5 Å². The highest BCUT2D eigenvalue weighted by Crippen LogP contribution is 2.19. The number of carbonyl (C=O) groups excluding carboxylic acids is 1. The Kier molecular flexibility index (Phi) is 5.91. The summed E-state index contributed by atoms with van der Waals surface area (Å²) >= 11 is 1.46. The monoisotopic (exact) mass is 344 g/mol. The number of rotatable bonds is 7. The molecule has 1 aromatic heterocycles. The Morgan fingerprint density at radius 3 is 2.71 bits per heavy atom. The van der Waals surface area contributed by atoms with Gasteiger partial charge in [-0.25, -0.2) is 0 Å². The van der Waals surface area contributed by atoms with Crippen LogP contribution in [0, 0.1) is 0 Å². The first-order valence-electron chi connectivity index (χ1n) is 8.57. The Morgan fingerprint density at radius 2 is 1.96 bits per heavy atom. The summed E-state index contributed by atoms with van der Waals surface area (Å²) in [4.78, 5) is 12.0. The average molecular weight is 344 g/mol. The Labute approximate surface area is 147 Å². The molecule has 1 amide bonds. The van der Waals surface area contributed by atoms with E-state index in [1.807, 2.05) is 17.7 Å². The topological polar surface area (TPSA) is 59.8 Å². The first-order valence-corrected chi connectivity index (χ1v) is 9.55. The number of nitrogens with zero attached hydrogens (tertiary/aromatic N) is 3. The highest BCUT2D eigenvalue weighted by atomic mass is 32.2. The molecule has 2 aromatic rings. The molecule has 1 aliphatic carbocycles. The summed E-state index contributed by atoms with van der Waals surface area (Å²) < 4.78 is 2.00. The van der Waals surface area contributed by atoms with Gasteiger partial charge in [-0.1, -0.05) is 54.9 Å². The summed E-state index contributed by atoms with van der Waals surface area (Å²) in [6, 6.07) is 10.8. The predicted octanol–water partition coefficient (Wildman–Crippen LogP) is 2.75. The summed E-state index contributed by atoms with van der Waals surface area (Å²) in [6.45, 7) is 0. The zero-order valence-electron chi connectivity index (χ0n) is 14.1. The SMILES string of the molecule is Cn1c(CCc2ccccc2)nnc1SCC(=O)NC1CCCC1. The van der Waals surface area contributed by atoms with Crippen molar-refractivity contribution >= 4 is 17.7 Å². The molecule has 1 aliphatic rings. The smallest absolute Gasteiger partial charge is 0.230 e. The number of amides is 1. The Morgan fingerprint density at radius 1 is 1.21 bits per heavy atom.